The van der Waals surface area contributed by atoms with Crippen molar-refractivity contribution in [1.82, 2.24) is 16.0 Å². The lowest BCUT2D eigenvalue weighted by atomic mass is 10.3. The normalized spacial score (nSPS) is 12.8. The van der Waals surface area contributed by atoms with Gasteiger partial charge < -0.3 is 20.7 Å². The Labute approximate surface area is 130 Å². The van der Waals surface area contributed by atoms with Crippen LogP contribution in [0.25, 0.3) is 0 Å². The molecule has 1 rings (SSSR count). The molecular weight excluding hydrogens is 288 g/mol. The van der Waals surface area contributed by atoms with Crippen molar-refractivity contribution < 1.29 is 9.53 Å². The third kappa shape index (κ3) is 7.10. The van der Waals surface area contributed by atoms with E-state index in [2.05, 4.69) is 20.9 Å². The number of carbonyl (C=O) groups excluding carboxylic acids is 1. The summed E-state index contributed by atoms with van der Waals surface area (Å²) < 4.78 is 5.06. The fourth-order valence-corrected chi connectivity index (χ4v) is 2.35. The Kier molecular flexibility index (Phi) is 8.45. The van der Waals surface area contributed by atoms with Crippen molar-refractivity contribution in [3.8, 4) is 0 Å². The van der Waals surface area contributed by atoms with Gasteiger partial charge in [-0.3, -0.25) is 9.79 Å². The average molecular weight is 312 g/mol. The molecule has 1 aromatic rings. The van der Waals surface area contributed by atoms with Gasteiger partial charge in [0.25, 0.3) is 5.91 Å². The van der Waals surface area contributed by atoms with Crippen molar-refractivity contribution in [2.45, 2.75) is 19.4 Å². The van der Waals surface area contributed by atoms with Crippen LogP contribution in [0.2, 0.25) is 0 Å². The number of amides is 1. The molecule has 6 nitrogen and oxygen atoms in total. The minimum Gasteiger partial charge on any atom is -0.383 e. The van der Waals surface area contributed by atoms with Crippen molar-refractivity contribution in [2.24, 2.45) is 4.99 Å². The van der Waals surface area contributed by atoms with E-state index < -0.39 is 0 Å². The number of hydrogen-bond acceptors (Lipinski definition) is 4. The molecule has 1 atom stereocenters. The van der Waals surface area contributed by atoms with Gasteiger partial charge in [-0.05, 0) is 24.8 Å². The average Bonchev–Trinajstić information content (AvgIpc) is 3.00. The van der Waals surface area contributed by atoms with Gasteiger partial charge in [0.15, 0.2) is 5.96 Å². The number of nitrogens with zero attached hydrogens (tertiary/aromatic N) is 1. The van der Waals surface area contributed by atoms with Crippen LogP contribution in [0.5, 0.6) is 0 Å². The summed E-state index contributed by atoms with van der Waals surface area (Å²) in [4.78, 5) is 16.6. The van der Waals surface area contributed by atoms with Crippen molar-refractivity contribution in [3.63, 3.8) is 0 Å². The van der Waals surface area contributed by atoms with E-state index in [0.29, 0.717) is 13.2 Å². The van der Waals surface area contributed by atoms with Gasteiger partial charge in [0.05, 0.1) is 11.5 Å². The monoisotopic (exact) mass is 312 g/mol. The highest BCUT2D eigenvalue weighted by Crippen LogP contribution is 2.07. The Morgan fingerprint density at radius 2 is 2.19 bits per heavy atom. The minimum atomic E-state index is -0.0128. The Bertz CT molecular complexity index is 434. The maximum atomic E-state index is 11.7. The third-order valence-corrected chi connectivity index (χ3v) is 3.57. The predicted molar refractivity (Wildman–Crippen MR) is 87.1 cm³/mol. The summed E-state index contributed by atoms with van der Waals surface area (Å²) in [7, 11) is 3.40. The Balaban J connectivity index is 2.13. The van der Waals surface area contributed by atoms with E-state index in [1.807, 2.05) is 24.4 Å². The maximum absolute atomic E-state index is 11.7. The fourth-order valence-electron chi connectivity index (χ4n) is 1.71. The van der Waals surface area contributed by atoms with E-state index >= 15 is 0 Å². The van der Waals surface area contributed by atoms with Crippen LogP contribution in [0.15, 0.2) is 22.5 Å². The zero-order valence-corrected chi connectivity index (χ0v) is 13.6. The van der Waals surface area contributed by atoms with Crippen LogP contribution in [0.3, 0.4) is 0 Å². The molecule has 0 aromatic carbocycles. The van der Waals surface area contributed by atoms with Gasteiger partial charge in [0.2, 0.25) is 0 Å². The highest BCUT2D eigenvalue weighted by Gasteiger charge is 2.06. The number of rotatable bonds is 8. The lowest BCUT2D eigenvalue weighted by Gasteiger charge is -2.17. The smallest absolute Gasteiger partial charge is 0.261 e. The first-order chi connectivity index (χ1) is 10.2. The molecule has 0 aliphatic heterocycles. The largest absolute Gasteiger partial charge is 0.383 e. The van der Waals surface area contributed by atoms with Crippen LogP contribution in [-0.4, -0.2) is 51.8 Å². The van der Waals surface area contributed by atoms with Crippen LogP contribution < -0.4 is 16.0 Å². The summed E-state index contributed by atoms with van der Waals surface area (Å²) in [5.74, 6) is 0.727. The molecule has 7 heteroatoms. The second-order valence-corrected chi connectivity index (χ2v) is 5.53. The summed E-state index contributed by atoms with van der Waals surface area (Å²) in [6.45, 7) is 4.02. The summed E-state index contributed by atoms with van der Waals surface area (Å²) in [6, 6.07) is 3.89. The van der Waals surface area contributed by atoms with Crippen molar-refractivity contribution in [2.75, 3.05) is 33.9 Å². The highest BCUT2D eigenvalue weighted by molar-refractivity contribution is 7.12. The van der Waals surface area contributed by atoms with Crippen molar-refractivity contribution in [1.29, 1.82) is 0 Å². The highest BCUT2D eigenvalue weighted by atomic mass is 32.1. The zero-order valence-electron chi connectivity index (χ0n) is 12.8. The van der Waals surface area contributed by atoms with Crippen LogP contribution in [-0.2, 0) is 4.74 Å². The first-order valence-corrected chi connectivity index (χ1v) is 7.83. The fraction of sp³-hybridized carbons (Fsp3) is 0.571. The molecule has 0 bridgehead atoms. The SMILES string of the molecule is CN=C(NCCCNC(=O)c1cccs1)NC(C)COC. The Morgan fingerprint density at radius 1 is 1.43 bits per heavy atom. The first-order valence-electron chi connectivity index (χ1n) is 6.95. The molecule has 0 aliphatic rings. The van der Waals surface area contributed by atoms with Crippen LogP contribution in [0, 0.1) is 0 Å². The number of methoxy groups -OCH3 is 1. The summed E-state index contributed by atoms with van der Waals surface area (Å²) in [5.41, 5.74) is 0. The molecule has 21 heavy (non-hydrogen) atoms. The number of guanidine groups is 1. The minimum absolute atomic E-state index is 0.0128. The molecule has 3 N–H and O–H groups in total. The summed E-state index contributed by atoms with van der Waals surface area (Å²) in [6.07, 6.45) is 0.830. The molecule has 0 saturated carbocycles. The molecule has 118 valence electrons. The van der Waals surface area contributed by atoms with Crippen molar-refractivity contribution in [3.05, 3.63) is 22.4 Å². The number of ether oxygens (including phenoxy) is 1. The Hall–Kier alpha value is -1.60. The Morgan fingerprint density at radius 3 is 2.81 bits per heavy atom. The quantitative estimate of drug-likeness (QED) is 0.381. The number of thiophene rings is 1. The lowest BCUT2D eigenvalue weighted by Crippen LogP contribution is -2.44. The predicted octanol–water partition coefficient (Wildman–Crippen LogP) is 1.07. The lowest BCUT2D eigenvalue weighted by molar-refractivity contribution is 0.0957. The van der Waals surface area contributed by atoms with Crippen LogP contribution in [0.4, 0.5) is 0 Å². The van der Waals surface area contributed by atoms with E-state index in [4.69, 9.17) is 4.74 Å². The van der Waals surface area contributed by atoms with Gasteiger partial charge in [0.1, 0.15) is 0 Å². The molecule has 1 amide bonds. The van der Waals surface area contributed by atoms with Gasteiger partial charge in [0, 0.05) is 33.3 Å². The van der Waals surface area contributed by atoms with Gasteiger partial charge in [-0.15, -0.1) is 11.3 Å². The van der Waals surface area contributed by atoms with Gasteiger partial charge >= 0.3 is 0 Å². The van der Waals surface area contributed by atoms with Gasteiger partial charge in [-0.1, -0.05) is 6.07 Å². The molecular formula is C14H24N4O2S. The molecule has 0 spiro atoms. The van der Waals surface area contributed by atoms with Crippen molar-refractivity contribution >= 4 is 23.2 Å². The number of carbonyl (C=O) groups is 1. The molecule has 0 fully saturated rings. The third-order valence-electron chi connectivity index (χ3n) is 2.70. The molecule has 1 unspecified atom stereocenters. The summed E-state index contributed by atoms with van der Waals surface area (Å²) >= 11 is 1.45. The molecule has 0 saturated heterocycles. The summed E-state index contributed by atoms with van der Waals surface area (Å²) in [5, 5.41) is 11.2. The topological polar surface area (TPSA) is 74.8 Å². The zero-order chi connectivity index (χ0) is 15.5. The standard InChI is InChI=1S/C14H24N4O2S/c1-11(10-20-3)18-14(15-2)17-8-5-7-16-13(19)12-6-4-9-21-12/h4,6,9,11H,5,7-8,10H2,1-3H3,(H,16,19)(H2,15,17,18). The van der Waals surface area contributed by atoms with Gasteiger partial charge in [-0.25, -0.2) is 0 Å². The number of nitrogens with one attached hydrogen (secondary N) is 3. The number of aliphatic imine (C=N–C) groups is 1. The maximum Gasteiger partial charge on any atom is 0.261 e. The van der Waals surface area contributed by atoms with Crippen LogP contribution >= 0.6 is 11.3 Å². The van der Waals surface area contributed by atoms with Gasteiger partial charge in [-0.2, -0.15) is 0 Å². The second-order valence-electron chi connectivity index (χ2n) is 4.59. The second kappa shape index (κ2) is 10.2. The van der Waals surface area contributed by atoms with E-state index in [0.717, 1.165) is 23.8 Å². The molecule has 1 aromatic heterocycles. The molecule has 0 radical (unpaired) electrons. The number of hydrogen-bond donors (Lipinski definition) is 3. The molecule has 0 aliphatic carbocycles. The molecule has 1 heterocycles. The van der Waals surface area contributed by atoms with E-state index in [-0.39, 0.29) is 11.9 Å². The van der Waals surface area contributed by atoms with E-state index in [1.54, 1.807) is 14.2 Å². The van der Waals surface area contributed by atoms with E-state index in [9.17, 15) is 4.79 Å². The van der Waals surface area contributed by atoms with Crippen LogP contribution in [0.1, 0.15) is 23.0 Å². The first kappa shape index (κ1) is 17.5. The van der Waals surface area contributed by atoms with E-state index in [1.165, 1.54) is 11.3 Å².